The summed E-state index contributed by atoms with van der Waals surface area (Å²) < 4.78 is 0. The van der Waals surface area contributed by atoms with Crippen molar-refractivity contribution in [2.24, 2.45) is 0 Å². The van der Waals surface area contributed by atoms with Crippen LogP contribution in [0.15, 0.2) is 24.8 Å². The quantitative estimate of drug-likeness (QED) is 0.319. The molecule has 5 rings (SSSR count). The molecule has 5 heterocycles. The van der Waals surface area contributed by atoms with E-state index in [1.54, 1.807) is 19.1 Å². The molecule has 2 unspecified atom stereocenters. The minimum Gasteiger partial charge on any atom is -0.657 e. The van der Waals surface area contributed by atoms with Crippen LogP contribution in [0.2, 0.25) is 0 Å². The number of carboxylic acids is 3. The van der Waals surface area contributed by atoms with Gasteiger partial charge in [0.25, 0.3) is 0 Å². The average molecular weight is 1010 g/mol. The van der Waals surface area contributed by atoms with E-state index in [1.165, 1.54) is 0 Å². The Labute approximate surface area is 325 Å². The van der Waals surface area contributed by atoms with E-state index in [2.05, 4.69) is 6.58 Å². The number of hydrogen-bond acceptors (Lipinski definition) is 6. The summed E-state index contributed by atoms with van der Waals surface area (Å²) in [5, 5.41) is 31.8. The molecule has 2 N–H and O–H groups in total. The molecule has 0 fully saturated rings. The fourth-order valence-electron chi connectivity index (χ4n) is 6.36. The molecule has 0 spiro atoms. The Balaban J connectivity index is 0.00000256. The van der Waals surface area contributed by atoms with E-state index >= 15 is 0 Å². The summed E-state index contributed by atoms with van der Waals surface area (Å²) in [6.07, 6.45) is 1.70. The molecule has 13 heteroatoms. The Morgan fingerprint density at radius 3 is 2.19 bits per heavy atom. The van der Waals surface area contributed by atoms with Gasteiger partial charge < -0.3 is 30.1 Å². The fraction of sp³-hybridized carbons (Fsp3) is 0.324. The van der Waals surface area contributed by atoms with Gasteiger partial charge in [-0.25, -0.2) is 9.78 Å². The van der Waals surface area contributed by atoms with E-state index in [0.717, 1.165) is 28.0 Å². The van der Waals surface area contributed by atoms with Gasteiger partial charge in [0.2, 0.25) is 0 Å². The number of aryl methyl sites for hydroxylation is 2. The summed E-state index contributed by atoms with van der Waals surface area (Å²) in [5.74, 6) is -4.55. The van der Waals surface area contributed by atoms with Crippen molar-refractivity contribution >= 4 is 57.2 Å². The van der Waals surface area contributed by atoms with Gasteiger partial charge >= 0.3 is 41.5 Å². The standard InChI is InChI=1S/C34H36N4O6.2Au.Na/c1-7-19-15(3)23-12-25-17(5)21(9-10-29(39)40)32(37-25)22(11-30(41)42)33-31(34(43)44)18(6)26(38-33)14-28-20(8-2)16(4)24(36-28)13-27(19)35-23;;;/h7,12-14,17,21H,1,8-11H2,2-6H3,(H5,35,36,37,38,39,40,41,42,43,44);;;/q;;;+1/p-3. The third-order valence-electron chi connectivity index (χ3n) is 8.78. The van der Waals surface area contributed by atoms with Crippen molar-refractivity contribution in [1.82, 2.24) is 19.9 Å². The second kappa shape index (κ2) is 16.3. The number of aliphatic carboxylic acids is 2. The molecule has 250 valence electrons. The second-order valence-corrected chi connectivity index (χ2v) is 11.3. The van der Waals surface area contributed by atoms with E-state index in [1.807, 2.05) is 39.8 Å². The van der Waals surface area contributed by atoms with Crippen molar-refractivity contribution in [3.63, 3.8) is 0 Å². The van der Waals surface area contributed by atoms with Crippen LogP contribution in [-0.4, -0.2) is 38.1 Å². The summed E-state index contributed by atoms with van der Waals surface area (Å²) in [6.45, 7) is 13.5. The van der Waals surface area contributed by atoms with Crippen LogP contribution >= 0.6 is 0 Å². The molecule has 3 aromatic rings. The molecule has 0 saturated heterocycles. The van der Waals surface area contributed by atoms with Crippen LogP contribution in [0.25, 0.3) is 39.3 Å². The molecule has 2 aliphatic heterocycles. The number of aromatic carboxylic acids is 1. The Morgan fingerprint density at radius 2 is 1.62 bits per heavy atom. The summed E-state index contributed by atoms with van der Waals surface area (Å²) in [5.41, 5.74) is 7.98. The zero-order valence-electron chi connectivity index (χ0n) is 26.9. The van der Waals surface area contributed by atoms with E-state index < -0.39 is 30.2 Å². The SMILES string of the molecule is C=Cc1c(C)c2cc3nc(c(CC(=O)O)c4[n-]c(cc5nc(cc1[n-]2)C(C)=C5CC)c(C)c4C(=O)O)C(CCC(=O)[O-])C3C.[Au].[Au].[Na+]. The van der Waals surface area contributed by atoms with E-state index in [0.29, 0.717) is 45.6 Å². The molecule has 8 bridgehead atoms. The molecule has 2 radical (unpaired) electrons. The maximum absolute atomic E-state index is 12.7. The zero-order valence-corrected chi connectivity index (χ0v) is 33.3. The van der Waals surface area contributed by atoms with Crippen LogP contribution in [0.5, 0.6) is 0 Å². The Bertz CT molecular complexity index is 1960. The van der Waals surface area contributed by atoms with E-state index in [9.17, 15) is 29.7 Å². The van der Waals surface area contributed by atoms with E-state index in [-0.39, 0.29) is 110 Å². The maximum Gasteiger partial charge on any atom is 1.00 e. The first-order chi connectivity index (χ1) is 20.9. The second-order valence-electron chi connectivity index (χ2n) is 11.3. The van der Waals surface area contributed by atoms with Gasteiger partial charge in [-0.1, -0.05) is 55.8 Å². The van der Waals surface area contributed by atoms with Crippen LogP contribution in [-0.2, 0) is 60.8 Å². The van der Waals surface area contributed by atoms with Crippen molar-refractivity contribution in [1.29, 1.82) is 0 Å². The third kappa shape index (κ3) is 7.72. The average Bonchev–Trinajstić information content (AvgIpc) is 3.63. The van der Waals surface area contributed by atoms with Crippen molar-refractivity contribution in [3.8, 4) is 0 Å². The Hall–Kier alpha value is -2.51. The summed E-state index contributed by atoms with van der Waals surface area (Å²) in [4.78, 5) is 55.8. The van der Waals surface area contributed by atoms with Crippen LogP contribution in [0.3, 0.4) is 0 Å². The van der Waals surface area contributed by atoms with Crippen molar-refractivity contribution in [3.05, 3.63) is 75.4 Å². The van der Waals surface area contributed by atoms with Gasteiger partial charge in [-0.05, 0) is 62.3 Å². The molecule has 2 aliphatic rings. The largest absolute Gasteiger partial charge is 1.00 e. The first kappa shape index (κ1) is 40.7. The minimum absolute atomic E-state index is 0. The topological polar surface area (TPSA) is 169 Å². The van der Waals surface area contributed by atoms with Gasteiger partial charge in [-0.15, -0.1) is 22.1 Å². The predicted octanol–water partition coefficient (Wildman–Crippen LogP) is 1.92. The molecule has 2 atom stereocenters. The predicted molar refractivity (Wildman–Crippen MR) is 165 cm³/mol. The number of allylic oxidation sites excluding steroid dienone is 2. The molecule has 3 aromatic heterocycles. The molecular formula is C34H33Au2N4NaO6-2. The number of carbonyl (C=O) groups excluding carboxylic acids is 1. The van der Waals surface area contributed by atoms with Gasteiger partial charge in [-0.3, -0.25) is 9.78 Å². The Kier molecular flexibility index (Phi) is 14.1. The van der Waals surface area contributed by atoms with Crippen molar-refractivity contribution in [2.45, 2.75) is 72.1 Å². The number of carboxylic acid groups (broad SMARTS) is 3. The molecular weight excluding hydrogens is 977 g/mol. The van der Waals surface area contributed by atoms with Gasteiger partial charge in [0.05, 0.1) is 17.8 Å². The number of fused-ring (bicyclic) bond motifs is 8. The number of nitrogens with zero attached hydrogens (tertiary/aromatic N) is 4. The van der Waals surface area contributed by atoms with Crippen molar-refractivity contribution < 1.29 is 104 Å². The molecule has 47 heavy (non-hydrogen) atoms. The molecule has 10 nitrogen and oxygen atoms in total. The molecule has 0 saturated carbocycles. The van der Waals surface area contributed by atoms with Crippen LogP contribution in [0, 0.1) is 13.8 Å². The van der Waals surface area contributed by atoms with Gasteiger partial charge in [0.15, 0.2) is 0 Å². The monoisotopic (exact) mass is 1010 g/mol. The van der Waals surface area contributed by atoms with Gasteiger partial charge in [0, 0.05) is 79.5 Å². The number of hydrogen-bond donors (Lipinski definition) is 2. The third-order valence-corrected chi connectivity index (χ3v) is 8.78. The fourth-order valence-corrected chi connectivity index (χ4v) is 6.36. The van der Waals surface area contributed by atoms with Crippen LogP contribution in [0.4, 0.5) is 0 Å². The maximum atomic E-state index is 12.7. The smallest absolute Gasteiger partial charge is 0.657 e. The van der Waals surface area contributed by atoms with Gasteiger partial charge in [0.1, 0.15) is 0 Å². The number of aromatic nitrogens is 4. The Morgan fingerprint density at radius 1 is 0.979 bits per heavy atom. The van der Waals surface area contributed by atoms with Gasteiger partial charge in [-0.2, -0.15) is 0 Å². The minimum atomic E-state index is -1.25. The zero-order chi connectivity index (χ0) is 32.0. The molecule has 0 aliphatic carbocycles. The summed E-state index contributed by atoms with van der Waals surface area (Å²) in [6, 6.07) is 5.47. The number of rotatable bonds is 8. The first-order valence-electron chi connectivity index (χ1n) is 14.5. The molecule has 0 amide bonds. The number of carbonyl (C=O) groups is 3. The van der Waals surface area contributed by atoms with Crippen LogP contribution < -0.4 is 44.6 Å². The summed E-state index contributed by atoms with van der Waals surface area (Å²) >= 11 is 0. The van der Waals surface area contributed by atoms with Crippen LogP contribution in [0.1, 0.15) is 107 Å². The van der Waals surface area contributed by atoms with E-state index in [4.69, 9.17) is 19.9 Å². The van der Waals surface area contributed by atoms with Crippen molar-refractivity contribution in [2.75, 3.05) is 0 Å². The first-order valence-corrected chi connectivity index (χ1v) is 14.5. The normalized spacial score (nSPS) is 15.3. The molecule has 0 aromatic carbocycles. The summed E-state index contributed by atoms with van der Waals surface area (Å²) in [7, 11) is 0.